The molecule has 1 aliphatic heterocycles. The van der Waals surface area contributed by atoms with Crippen molar-refractivity contribution in [2.45, 2.75) is 38.4 Å². The quantitative estimate of drug-likeness (QED) is 0.806. The second kappa shape index (κ2) is 5.37. The SMILES string of the molecule is Cc1ccc(C(C)C)cc1N1CC(S(=O)(=O)Cl)CC1=O. The van der Waals surface area contributed by atoms with Crippen molar-refractivity contribution in [2.24, 2.45) is 0 Å². The van der Waals surface area contributed by atoms with Crippen LogP contribution in [-0.4, -0.2) is 26.1 Å². The average Bonchev–Trinajstić information content (AvgIpc) is 2.71. The Morgan fingerprint density at radius 3 is 2.50 bits per heavy atom. The van der Waals surface area contributed by atoms with Gasteiger partial charge in [0.25, 0.3) is 0 Å². The maximum atomic E-state index is 12.1. The lowest BCUT2D eigenvalue weighted by molar-refractivity contribution is -0.117. The molecular weight excluding hydrogens is 298 g/mol. The molecule has 1 aliphatic rings. The van der Waals surface area contributed by atoms with Crippen LogP contribution in [0, 0.1) is 6.92 Å². The van der Waals surface area contributed by atoms with Gasteiger partial charge in [-0.1, -0.05) is 26.0 Å². The van der Waals surface area contributed by atoms with Crippen LogP contribution in [0.25, 0.3) is 0 Å². The molecule has 1 fully saturated rings. The van der Waals surface area contributed by atoms with Crippen molar-refractivity contribution in [3.63, 3.8) is 0 Å². The third-order valence-electron chi connectivity index (χ3n) is 3.68. The van der Waals surface area contributed by atoms with Crippen LogP contribution in [0.5, 0.6) is 0 Å². The van der Waals surface area contributed by atoms with Crippen LogP contribution >= 0.6 is 10.7 Å². The van der Waals surface area contributed by atoms with E-state index in [0.29, 0.717) is 5.92 Å². The summed E-state index contributed by atoms with van der Waals surface area (Å²) >= 11 is 0. The van der Waals surface area contributed by atoms with E-state index in [-0.39, 0.29) is 18.9 Å². The summed E-state index contributed by atoms with van der Waals surface area (Å²) < 4.78 is 22.8. The zero-order valence-corrected chi connectivity index (χ0v) is 13.3. The molecule has 1 aromatic rings. The first-order chi connectivity index (χ1) is 9.20. The molecule has 0 radical (unpaired) electrons. The highest BCUT2D eigenvalue weighted by Crippen LogP contribution is 2.31. The number of aryl methyl sites for hydroxylation is 1. The molecule has 110 valence electrons. The van der Waals surface area contributed by atoms with E-state index < -0.39 is 14.3 Å². The normalized spacial score (nSPS) is 19.9. The summed E-state index contributed by atoms with van der Waals surface area (Å²) in [5.41, 5.74) is 2.86. The number of anilines is 1. The summed E-state index contributed by atoms with van der Waals surface area (Å²) in [6, 6.07) is 5.95. The smallest absolute Gasteiger partial charge is 0.237 e. The topological polar surface area (TPSA) is 54.5 Å². The minimum Gasteiger partial charge on any atom is -0.311 e. The van der Waals surface area contributed by atoms with E-state index in [1.165, 1.54) is 4.90 Å². The lowest BCUT2D eigenvalue weighted by Gasteiger charge is -2.20. The van der Waals surface area contributed by atoms with Crippen LogP contribution in [0.3, 0.4) is 0 Å². The third-order valence-corrected chi connectivity index (χ3v) is 5.55. The molecule has 4 nitrogen and oxygen atoms in total. The Bertz CT molecular complexity index is 640. The van der Waals surface area contributed by atoms with Gasteiger partial charge in [-0.15, -0.1) is 0 Å². The van der Waals surface area contributed by atoms with Crippen LogP contribution in [0.15, 0.2) is 18.2 Å². The summed E-state index contributed by atoms with van der Waals surface area (Å²) in [5.74, 6) is 0.155. The van der Waals surface area contributed by atoms with E-state index in [2.05, 4.69) is 13.8 Å². The fraction of sp³-hybridized carbons (Fsp3) is 0.500. The predicted molar refractivity (Wildman–Crippen MR) is 80.8 cm³/mol. The van der Waals surface area contributed by atoms with Crippen molar-refractivity contribution >= 4 is 31.3 Å². The molecule has 0 saturated carbocycles. The number of nitrogens with zero attached hydrogens (tertiary/aromatic N) is 1. The predicted octanol–water partition coefficient (Wildman–Crippen LogP) is 2.79. The van der Waals surface area contributed by atoms with Gasteiger partial charge in [0.2, 0.25) is 15.0 Å². The summed E-state index contributed by atoms with van der Waals surface area (Å²) in [7, 11) is 1.67. The molecule has 0 bridgehead atoms. The summed E-state index contributed by atoms with van der Waals surface area (Å²) in [4.78, 5) is 13.6. The Balaban J connectivity index is 2.37. The molecule has 1 atom stereocenters. The molecule has 6 heteroatoms. The molecule has 0 spiro atoms. The van der Waals surface area contributed by atoms with Gasteiger partial charge < -0.3 is 4.90 Å². The van der Waals surface area contributed by atoms with Crippen molar-refractivity contribution < 1.29 is 13.2 Å². The maximum Gasteiger partial charge on any atom is 0.237 e. The molecule has 1 amide bonds. The highest BCUT2D eigenvalue weighted by Gasteiger charge is 2.38. The van der Waals surface area contributed by atoms with Crippen LogP contribution < -0.4 is 4.90 Å². The summed E-state index contributed by atoms with van der Waals surface area (Å²) in [5, 5.41) is -0.821. The van der Waals surface area contributed by atoms with Gasteiger partial charge >= 0.3 is 0 Å². The summed E-state index contributed by atoms with van der Waals surface area (Å²) in [6.07, 6.45) is -0.0445. The fourth-order valence-corrected chi connectivity index (χ4v) is 3.40. The Morgan fingerprint density at radius 1 is 1.35 bits per heavy atom. The first-order valence-electron chi connectivity index (χ1n) is 6.54. The molecule has 0 aliphatic carbocycles. The van der Waals surface area contributed by atoms with Crippen LogP contribution in [-0.2, 0) is 13.8 Å². The van der Waals surface area contributed by atoms with Crippen molar-refractivity contribution in [1.82, 2.24) is 0 Å². The van der Waals surface area contributed by atoms with Crippen molar-refractivity contribution in [3.05, 3.63) is 29.3 Å². The minimum absolute atomic E-state index is 0.0445. The van der Waals surface area contributed by atoms with Gasteiger partial charge in [-0.3, -0.25) is 4.79 Å². The highest BCUT2D eigenvalue weighted by molar-refractivity contribution is 8.14. The molecule has 1 saturated heterocycles. The molecule has 0 aromatic heterocycles. The van der Waals surface area contributed by atoms with Gasteiger partial charge in [0.15, 0.2) is 0 Å². The summed E-state index contributed by atoms with van der Waals surface area (Å²) in [6.45, 7) is 6.20. The fourth-order valence-electron chi connectivity index (χ4n) is 2.37. The van der Waals surface area contributed by atoms with E-state index in [1.807, 2.05) is 25.1 Å². The number of carbonyl (C=O) groups is 1. The lowest BCUT2D eigenvalue weighted by Crippen LogP contribution is -2.27. The number of hydrogen-bond acceptors (Lipinski definition) is 3. The highest BCUT2D eigenvalue weighted by atomic mass is 35.7. The van der Waals surface area contributed by atoms with Crippen LogP contribution in [0.4, 0.5) is 5.69 Å². The van der Waals surface area contributed by atoms with E-state index in [0.717, 1.165) is 16.8 Å². The van der Waals surface area contributed by atoms with E-state index in [4.69, 9.17) is 10.7 Å². The van der Waals surface area contributed by atoms with Crippen LogP contribution in [0.1, 0.15) is 37.3 Å². The lowest BCUT2D eigenvalue weighted by atomic mass is 10.0. The number of hydrogen-bond donors (Lipinski definition) is 0. The number of benzene rings is 1. The van der Waals surface area contributed by atoms with Gasteiger partial charge in [-0.05, 0) is 30.0 Å². The number of halogens is 1. The van der Waals surface area contributed by atoms with Crippen molar-refractivity contribution in [1.29, 1.82) is 0 Å². The van der Waals surface area contributed by atoms with Gasteiger partial charge in [0.1, 0.15) is 5.25 Å². The van der Waals surface area contributed by atoms with Crippen LogP contribution in [0.2, 0.25) is 0 Å². The molecule has 0 N–H and O–H groups in total. The average molecular weight is 316 g/mol. The van der Waals surface area contributed by atoms with Gasteiger partial charge in [-0.25, -0.2) is 8.42 Å². The monoisotopic (exact) mass is 315 g/mol. The van der Waals surface area contributed by atoms with Gasteiger partial charge in [0.05, 0.1) is 0 Å². The Kier molecular flexibility index (Phi) is 4.12. The zero-order chi connectivity index (χ0) is 15.1. The standard InChI is InChI=1S/C14H18ClNO3S/c1-9(2)11-5-4-10(3)13(6-11)16-8-12(7-14(16)17)20(15,18)19/h4-6,9,12H,7-8H2,1-3H3. The number of amides is 1. The minimum atomic E-state index is -3.71. The molecule has 1 heterocycles. The van der Waals surface area contributed by atoms with E-state index in [9.17, 15) is 13.2 Å². The first kappa shape index (κ1) is 15.3. The van der Waals surface area contributed by atoms with E-state index in [1.54, 1.807) is 0 Å². The Hall–Kier alpha value is -1.07. The van der Waals surface area contributed by atoms with Gasteiger partial charge in [-0.2, -0.15) is 0 Å². The van der Waals surface area contributed by atoms with Gasteiger partial charge in [0, 0.05) is 29.3 Å². The molecule has 1 unspecified atom stereocenters. The maximum absolute atomic E-state index is 12.1. The largest absolute Gasteiger partial charge is 0.311 e. The molecule has 20 heavy (non-hydrogen) atoms. The molecule has 1 aromatic carbocycles. The second-order valence-corrected chi connectivity index (χ2v) is 8.41. The Morgan fingerprint density at radius 2 is 2.00 bits per heavy atom. The molecular formula is C14H18ClNO3S. The number of rotatable bonds is 3. The van der Waals surface area contributed by atoms with E-state index >= 15 is 0 Å². The number of carbonyl (C=O) groups excluding carboxylic acids is 1. The van der Waals surface area contributed by atoms with Crippen molar-refractivity contribution in [2.75, 3.05) is 11.4 Å². The Labute approximate surface area is 124 Å². The van der Waals surface area contributed by atoms with Crippen molar-refractivity contribution in [3.8, 4) is 0 Å². The second-order valence-electron chi connectivity index (χ2n) is 5.51. The third kappa shape index (κ3) is 2.99. The first-order valence-corrected chi connectivity index (χ1v) is 8.91. The zero-order valence-electron chi connectivity index (χ0n) is 11.8. The molecule has 2 rings (SSSR count).